The van der Waals surface area contributed by atoms with E-state index in [4.69, 9.17) is 5.11 Å². The Morgan fingerprint density at radius 1 is 0.963 bits per heavy atom. The van der Waals surface area contributed by atoms with Gasteiger partial charge in [0.15, 0.2) is 0 Å². The third-order valence-electron chi connectivity index (χ3n) is 4.52. The maximum absolute atomic E-state index is 12.7. The van der Waals surface area contributed by atoms with E-state index in [1.165, 1.54) is 4.90 Å². The van der Waals surface area contributed by atoms with Gasteiger partial charge < -0.3 is 20.4 Å². The number of likely N-dealkylation sites (tertiary alicyclic amines) is 1. The summed E-state index contributed by atoms with van der Waals surface area (Å²) in [5.74, 6) is -1.49. The van der Waals surface area contributed by atoms with Gasteiger partial charge in [-0.25, -0.2) is 0 Å². The molecule has 3 rings (SSSR count). The van der Waals surface area contributed by atoms with Crippen LogP contribution in [0, 0.1) is 0 Å². The summed E-state index contributed by atoms with van der Waals surface area (Å²) < 4.78 is 0. The summed E-state index contributed by atoms with van der Waals surface area (Å²) in [7, 11) is 0. The van der Waals surface area contributed by atoms with Crippen LogP contribution < -0.4 is 5.32 Å². The molecule has 1 fully saturated rings. The molecular formula is C21H22N2O4. The second-order valence-electron chi connectivity index (χ2n) is 6.24. The van der Waals surface area contributed by atoms with Gasteiger partial charge in [-0.3, -0.25) is 9.59 Å². The van der Waals surface area contributed by atoms with Crippen molar-refractivity contribution in [2.45, 2.75) is 6.04 Å². The Kier molecular flexibility index (Phi) is 6.01. The minimum atomic E-state index is -0.688. The number of amides is 1. The van der Waals surface area contributed by atoms with Crippen LogP contribution in [-0.2, 0) is 9.59 Å². The second kappa shape index (κ2) is 8.62. The zero-order valence-electron chi connectivity index (χ0n) is 14.8. The highest BCUT2D eigenvalue weighted by Gasteiger charge is 2.45. The van der Waals surface area contributed by atoms with Crippen LogP contribution in [0.4, 0.5) is 0 Å². The lowest BCUT2D eigenvalue weighted by atomic mass is 9.95. The number of hydrogen-bond donors (Lipinski definition) is 3. The van der Waals surface area contributed by atoms with Crippen molar-refractivity contribution < 1.29 is 19.8 Å². The van der Waals surface area contributed by atoms with Crippen molar-refractivity contribution in [1.29, 1.82) is 0 Å². The number of carbonyl (C=O) groups excluding carboxylic acids is 2. The van der Waals surface area contributed by atoms with Gasteiger partial charge in [0.05, 0.1) is 18.2 Å². The van der Waals surface area contributed by atoms with Gasteiger partial charge in [-0.05, 0) is 5.56 Å². The van der Waals surface area contributed by atoms with Gasteiger partial charge in [0.1, 0.15) is 5.76 Å². The fourth-order valence-electron chi connectivity index (χ4n) is 3.25. The minimum Gasteiger partial charge on any atom is -0.507 e. The molecule has 1 aliphatic heterocycles. The number of aliphatic hydroxyl groups excluding tert-OH is 2. The molecule has 1 saturated heterocycles. The van der Waals surface area contributed by atoms with Gasteiger partial charge in [0, 0.05) is 25.2 Å². The predicted molar refractivity (Wildman–Crippen MR) is 102 cm³/mol. The van der Waals surface area contributed by atoms with Crippen LogP contribution in [-0.4, -0.2) is 53.0 Å². The van der Waals surface area contributed by atoms with E-state index in [1.54, 1.807) is 24.3 Å². The lowest BCUT2D eigenvalue weighted by Gasteiger charge is -2.25. The Hall–Kier alpha value is -2.96. The van der Waals surface area contributed by atoms with Gasteiger partial charge in [-0.15, -0.1) is 0 Å². The molecule has 6 heteroatoms. The van der Waals surface area contributed by atoms with Gasteiger partial charge in [-0.2, -0.15) is 0 Å². The van der Waals surface area contributed by atoms with E-state index in [1.807, 2.05) is 36.4 Å². The first-order valence-corrected chi connectivity index (χ1v) is 8.85. The first-order valence-electron chi connectivity index (χ1n) is 8.85. The van der Waals surface area contributed by atoms with Gasteiger partial charge in [0.2, 0.25) is 0 Å². The normalized spacial score (nSPS) is 18.9. The first-order chi connectivity index (χ1) is 13.1. The number of Topliss-reactive ketones (excluding diaryl/α,β-unsaturated/α-hetero) is 1. The predicted octanol–water partition coefficient (Wildman–Crippen LogP) is 1.69. The van der Waals surface area contributed by atoms with E-state index >= 15 is 0 Å². The molecule has 1 heterocycles. The van der Waals surface area contributed by atoms with E-state index in [9.17, 15) is 14.7 Å². The second-order valence-corrected chi connectivity index (χ2v) is 6.24. The Morgan fingerprint density at radius 2 is 1.59 bits per heavy atom. The molecule has 1 atom stereocenters. The number of nitrogens with zero attached hydrogens (tertiary/aromatic N) is 1. The number of nitrogens with one attached hydrogen (secondary N) is 1. The summed E-state index contributed by atoms with van der Waals surface area (Å²) in [5.41, 5.74) is 1.35. The lowest BCUT2D eigenvalue weighted by molar-refractivity contribution is -0.139. The summed E-state index contributed by atoms with van der Waals surface area (Å²) in [5, 5.41) is 22.7. The van der Waals surface area contributed by atoms with E-state index in [0.717, 1.165) is 5.56 Å². The topological polar surface area (TPSA) is 89.9 Å². The molecule has 0 spiro atoms. The molecule has 0 aromatic heterocycles. The van der Waals surface area contributed by atoms with Crippen molar-refractivity contribution >= 4 is 17.4 Å². The fourth-order valence-corrected chi connectivity index (χ4v) is 3.25. The Bertz CT molecular complexity index is 834. The fraction of sp³-hybridized carbons (Fsp3) is 0.238. The van der Waals surface area contributed by atoms with Crippen LogP contribution in [0.5, 0.6) is 0 Å². The number of hydrogen-bond acceptors (Lipinski definition) is 5. The molecule has 2 aromatic rings. The molecule has 140 valence electrons. The molecule has 6 nitrogen and oxygen atoms in total. The molecule has 1 unspecified atom stereocenters. The van der Waals surface area contributed by atoms with Gasteiger partial charge in [0.25, 0.3) is 11.7 Å². The van der Waals surface area contributed by atoms with Crippen molar-refractivity contribution in [1.82, 2.24) is 10.2 Å². The van der Waals surface area contributed by atoms with Gasteiger partial charge >= 0.3 is 0 Å². The number of rotatable bonds is 7. The highest BCUT2D eigenvalue weighted by atomic mass is 16.3. The van der Waals surface area contributed by atoms with Crippen molar-refractivity contribution in [3.63, 3.8) is 0 Å². The van der Waals surface area contributed by atoms with Crippen LogP contribution in [0.25, 0.3) is 5.76 Å². The van der Waals surface area contributed by atoms with E-state index in [-0.39, 0.29) is 24.5 Å². The van der Waals surface area contributed by atoms with Crippen molar-refractivity contribution in [3.8, 4) is 0 Å². The molecule has 0 aliphatic carbocycles. The quantitative estimate of drug-likeness (QED) is 0.300. The molecule has 0 bridgehead atoms. The summed E-state index contributed by atoms with van der Waals surface area (Å²) in [6, 6.07) is 17.3. The van der Waals surface area contributed by atoms with Crippen LogP contribution in [0.1, 0.15) is 17.2 Å². The Balaban J connectivity index is 2.03. The zero-order chi connectivity index (χ0) is 19.2. The van der Waals surface area contributed by atoms with Crippen molar-refractivity contribution in [2.75, 3.05) is 26.2 Å². The Labute approximate surface area is 157 Å². The van der Waals surface area contributed by atoms with Crippen LogP contribution >= 0.6 is 0 Å². The van der Waals surface area contributed by atoms with E-state index < -0.39 is 17.7 Å². The maximum Gasteiger partial charge on any atom is 0.295 e. The summed E-state index contributed by atoms with van der Waals surface area (Å²) >= 11 is 0. The average Bonchev–Trinajstić information content (AvgIpc) is 2.97. The number of ketones is 1. The number of carbonyl (C=O) groups is 2. The molecule has 1 amide bonds. The summed E-state index contributed by atoms with van der Waals surface area (Å²) in [6.07, 6.45) is 0. The van der Waals surface area contributed by atoms with Crippen LogP contribution in [0.2, 0.25) is 0 Å². The van der Waals surface area contributed by atoms with Crippen molar-refractivity contribution in [3.05, 3.63) is 77.4 Å². The first kappa shape index (κ1) is 18.8. The number of benzene rings is 2. The molecule has 2 aromatic carbocycles. The maximum atomic E-state index is 12.7. The smallest absolute Gasteiger partial charge is 0.295 e. The minimum absolute atomic E-state index is 0.00502. The molecule has 0 saturated carbocycles. The van der Waals surface area contributed by atoms with Gasteiger partial charge in [-0.1, -0.05) is 60.7 Å². The highest BCUT2D eigenvalue weighted by molar-refractivity contribution is 6.46. The zero-order valence-corrected chi connectivity index (χ0v) is 14.8. The third-order valence-corrected chi connectivity index (χ3v) is 4.52. The van der Waals surface area contributed by atoms with Crippen LogP contribution in [0.3, 0.4) is 0 Å². The Morgan fingerprint density at radius 3 is 2.22 bits per heavy atom. The SMILES string of the molecule is O=C1C(=O)N(CCNCCO)C(c2ccccc2)C1=C(O)c1ccccc1. The molecule has 1 aliphatic rings. The number of aliphatic hydroxyl groups is 2. The highest BCUT2D eigenvalue weighted by Crippen LogP contribution is 2.38. The van der Waals surface area contributed by atoms with E-state index in [2.05, 4.69) is 5.32 Å². The monoisotopic (exact) mass is 366 g/mol. The lowest BCUT2D eigenvalue weighted by Crippen LogP contribution is -2.36. The summed E-state index contributed by atoms with van der Waals surface area (Å²) in [4.78, 5) is 26.9. The van der Waals surface area contributed by atoms with Crippen LogP contribution in [0.15, 0.2) is 66.2 Å². The summed E-state index contributed by atoms with van der Waals surface area (Å²) in [6.45, 7) is 1.12. The third kappa shape index (κ3) is 3.92. The molecule has 3 N–H and O–H groups in total. The largest absolute Gasteiger partial charge is 0.507 e. The molecule has 0 radical (unpaired) electrons. The van der Waals surface area contributed by atoms with Crippen molar-refractivity contribution in [2.24, 2.45) is 0 Å². The molecule has 27 heavy (non-hydrogen) atoms. The average molecular weight is 366 g/mol. The molecular weight excluding hydrogens is 344 g/mol. The van der Waals surface area contributed by atoms with E-state index in [0.29, 0.717) is 18.7 Å². The standard InChI is InChI=1S/C21H22N2O4/c24-14-12-22-11-13-23-18(15-7-3-1-4-8-15)17(20(26)21(23)27)19(25)16-9-5-2-6-10-16/h1-10,18,22,24-25H,11-14H2.